The van der Waals surface area contributed by atoms with Crippen LogP contribution in [0, 0.1) is 5.82 Å². The predicted octanol–water partition coefficient (Wildman–Crippen LogP) is 3.30. The molecule has 2 aromatic carbocycles. The van der Waals surface area contributed by atoms with E-state index in [4.69, 9.17) is 4.74 Å². The van der Waals surface area contributed by atoms with Gasteiger partial charge >= 0.3 is 0 Å². The lowest BCUT2D eigenvalue weighted by atomic mass is 10.2. The van der Waals surface area contributed by atoms with Crippen molar-refractivity contribution in [3.63, 3.8) is 0 Å². The number of carbonyl (C=O) groups excluding carboxylic acids is 1. The number of imidazole rings is 1. The van der Waals surface area contributed by atoms with E-state index in [1.807, 2.05) is 28.8 Å². The summed E-state index contributed by atoms with van der Waals surface area (Å²) in [6.07, 6.45) is 1.75. The van der Waals surface area contributed by atoms with Crippen molar-refractivity contribution >= 4 is 23.4 Å². The molecule has 0 aliphatic rings. The Balaban J connectivity index is 1.66. The van der Waals surface area contributed by atoms with E-state index in [-0.39, 0.29) is 24.0 Å². The second-order valence-electron chi connectivity index (χ2n) is 5.97. The van der Waals surface area contributed by atoms with Crippen molar-refractivity contribution in [1.29, 1.82) is 0 Å². The highest BCUT2D eigenvalue weighted by molar-refractivity contribution is 7.99. The minimum absolute atomic E-state index is 0.0683. The van der Waals surface area contributed by atoms with Gasteiger partial charge in [0, 0.05) is 12.7 Å². The number of nitrogens with zero attached hydrogens (tertiary/aromatic N) is 2. The van der Waals surface area contributed by atoms with Gasteiger partial charge in [0.05, 0.1) is 30.9 Å². The minimum Gasteiger partial charge on any atom is -0.497 e. The number of aliphatic hydroxyl groups is 1. The van der Waals surface area contributed by atoms with Crippen molar-refractivity contribution < 1.29 is 19.0 Å². The zero-order chi connectivity index (χ0) is 19.9. The number of methoxy groups -OCH3 is 1. The number of rotatable bonds is 8. The fourth-order valence-electron chi connectivity index (χ4n) is 2.56. The van der Waals surface area contributed by atoms with E-state index in [9.17, 15) is 14.3 Å². The summed E-state index contributed by atoms with van der Waals surface area (Å²) < 4.78 is 20.7. The van der Waals surface area contributed by atoms with Crippen molar-refractivity contribution in [3.05, 3.63) is 71.8 Å². The van der Waals surface area contributed by atoms with Gasteiger partial charge in [-0.1, -0.05) is 36.0 Å². The van der Waals surface area contributed by atoms with Crippen molar-refractivity contribution in [1.82, 2.24) is 9.55 Å². The first-order valence-corrected chi connectivity index (χ1v) is 9.54. The molecule has 28 heavy (non-hydrogen) atoms. The molecule has 0 aliphatic heterocycles. The van der Waals surface area contributed by atoms with Crippen molar-refractivity contribution in [2.45, 2.75) is 18.3 Å². The Hall–Kier alpha value is -2.84. The van der Waals surface area contributed by atoms with Crippen LogP contribution in [0.15, 0.2) is 59.9 Å². The normalized spacial score (nSPS) is 10.7. The Morgan fingerprint density at radius 1 is 1.25 bits per heavy atom. The third-order valence-corrected chi connectivity index (χ3v) is 4.93. The smallest absolute Gasteiger partial charge is 0.234 e. The molecular weight excluding hydrogens is 381 g/mol. The van der Waals surface area contributed by atoms with Gasteiger partial charge in [-0.3, -0.25) is 4.79 Å². The van der Waals surface area contributed by atoms with Crippen LogP contribution in [-0.2, 0) is 17.9 Å². The van der Waals surface area contributed by atoms with Gasteiger partial charge in [0.15, 0.2) is 5.16 Å². The highest BCUT2D eigenvalue weighted by Crippen LogP contribution is 2.21. The molecule has 0 bridgehead atoms. The number of hydrogen-bond donors (Lipinski definition) is 2. The first kappa shape index (κ1) is 19.9. The third kappa shape index (κ3) is 5.11. The summed E-state index contributed by atoms with van der Waals surface area (Å²) in [5, 5.41) is 12.5. The summed E-state index contributed by atoms with van der Waals surface area (Å²) in [6.45, 7) is 0.346. The summed E-state index contributed by atoms with van der Waals surface area (Å²) in [5.74, 6) is 0.0210. The van der Waals surface area contributed by atoms with E-state index < -0.39 is 5.82 Å². The van der Waals surface area contributed by atoms with Crippen molar-refractivity contribution in [3.8, 4) is 5.75 Å². The van der Waals surface area contributed by atoms with Crippen LogP contribution >= 0.6 is 11.8 Å². The molecule has 1 amide bonds. The summed E-state index contributed by atoms with van der Waals surface area (Å²) in [5.41, 5.74) is 1.69. The summed E-state index contributed by atoms with van der Waals surface area (Å²) in [4.78, 5) is 16.5. The zero-order valence-electron chi connectivity index (χ0n) is 15.3. The molecule has 8 heteroatoms. The average molecular weight is 401 g/mol. The second-order valence-corrected chi connectivity index (χ2v) is 6.91. The fourth-order valence-corrected chi connectivity index (χ4v) is 3.36. The van der Waals surface area contributed by atoms with E-state index in [1.165, 1.54) is 23.9 Å². The average Bonchev–Trinajstić information content (AvgIpc) is 3.10. The van der Waals surface area contributed by atoms with Crippen LogP contribution in [0.1, 0.15) is 11.3 Å². The van der Waals surface area contributed by atoms with Gasteiger partial charge in [-0.15, -0.1) is 0 Å². The first-order chi connectivity index (χ1) is 13.6. The first-order valence-electron chi connectivity index (χ1n) is 8.56. The number of thioether (sulfide) groups is 1. The van der Waals surface area contributed by atoms with E-state index in [1.54, 1.807) is 25.4 Å². The van der Waals surface area contributed by atoms with Crippen LogP contribution in [0.25, 0.3) is 0 Å². The van der Waals surface area contributed by atoms with Crippen LogP contribution < -0.4 is 10.1 Å². The molecule has 146 valence electrons. The van der Waals surface area contributed by atoms with Gasteiger partial charge in [0.1, 0.15) is 11.6 Å². The number of ether oxygens (including phenoxy) is 1. The van der Waals surface area contributed by atoms with Crippen LogP contribution in [0.4, 0.5) is 10.1 Å². The van der Waals surface area contributed by atoms with Crippen molar-refractivity contribution in [2.75, 3.05) is 18.2 Å². The van der Waals surface area contributed by atoms with E-state index in [2.05, 4.69) is 10.3 Å². The molecule has 0 atom stereocenters. The van der Waals surface area contributed by atoms with Crippen LogP contribution in [0.5, 0.6) is 5.75 Å². The largest absolute Gasteiger partial charge is 0.497 e. The van der Waals surface area contributed by atoms with Crippen LogP contribution in [0.2, 0.25) is 0 Å². The van der Waals surface area contributed by atoms with Gasteiger partial charge in [-0.2, -0.15) is 0 Å². The summed E-state index contributed by atoms with van der Waals surface area (Å²) in [7, 11) is 1.61. The minimum atomic E-state index is -0.482. The molecule has 1 aromatic heterocycles. The maximum atomic E-state index is 13.6. The Morgan fingerprint density at radius 2 is 2.00 bits per heavy atom. The second kappa shape index (κ2) is 9.38. The number of amides is 1. The highest BCUT2D eigenvalue weighted by atomic mass is 32.2. The fraction of sp³-hybridized carbons (Fsp3) is 0.200. The lowest BCUT2D eigenvalue weighted by Gasteiger charge is -2.09. The number of benzene rings is 2. The van der Waals surface area contributed by atoms with E-state index >= 15 is 0 Å². The Kier molecular flexibility index (Phi) is 6.67. The Bertz CT molecular complexity index is 944. The molecule has 6 nitrogen and oxygen atoms in total. The number of nitrogens with one attached hydrogen (secondary N) is 1. The third-order valence-electron chi connectivity index (χ3n) is 3.94. The lowest BCUT2D eigenvalue weighted by molar-refractivity contribution is -0.113. The number of hydrogen-bond acceptors (Lipinski definition) is 5. The number of para-hydroxylation sites is 1. The molecular formula is C20H20FN3O3S. The molecule has 0 fully saturated rings. The Labute approximate surface area is 166 Å². The highest BCUT2D eigenvalue weighted by Gasteiger charge is 2.12. The zero-order valence-corrected chi connectivity index (χ0v) is 16.1. The number of aliphatic hydroxyl groups excluding tert-OH is 1. The molecule has 3 rings (SSSR count). The molecule has 0 unspecified atom stereocenters. The molecule has 2 N–H and O–H groups in total. The van der Waals surface area contributed by atoms with Crippen LogP contribution in [-0.4, -0.2) is 33.4 Å². The topological polar surface area (TPSA) is 76.4 Å². The molecule has 0 aliphatic carbocycles. The maximum absolute atomic E-state index is 13.6. The summed E-state index contributed by atoms with van der Waals surface area (Å²) >= 11 is 1.22. The Morgan fingerprint density at radius 3 is 2.68 bits per heavy atom. The van der Waals surface area contributed by atoms with Crippen LogP contribution in [0.3, 0.4) is 0 Å². The molecule has 0 saturated carbocycles. The number of anilines is 1. The summed E-state index contributed by atoms with van der Waals surface area (Å²) in [6, 6.07) is 13.6. The number of halogens is 1. The van der Waals surface area contributed by atoms with Gasteiger partial charge < -0.3 is 19.7 Å². The van der Waals surface area contributed by atoms with E-state index in [0.29, 0.717) is 17.4 Å². The standard InChI is InChI=1S/C20H20FN3O3S/c1-27-16-8-6-14(7-9-16)10-24-11-15(12-25)22-20(24)28-13-19(26)23-18-5-3-2-4-17(18)21/h2-9,11,25H,10,12-13H2,1H3,(H,23,26). The number of aromatic nitrogens is 2. The predicted molar refractivity (Wildman–Crippen MR) is 106 cm³/mol. The van der Waals surface area contributed by atoms with Gasteiger partial charge in [0.25, 0.3) is 0 Å². The maximum Gasteiger partial charge on any atom is 0.234 e. The molecule has 0 saturated heterocycles. The molecule has 0 radical (unpaired) electrons. The lowest BCUT2D eigenvalue weighted by Crippen LogP contribution is -2.15. The van der Waals surface area contributed by atoms with E-state index in [0.717, 1.165) is 11.3 Å². The SMILES string of the molecule is COc1ccc(Cn2cc(CO)nc2SCC(=O)Nc2ccccc2F)cc1. The van der Waals surface area contributed by atoms with Gasteiger partial charge in [-0.25, -0.2) is 9.37 Å². The van der Waals surface area contributed by atoms with Crippen molar-refractivity contribution in [2.24, 2.45) is 0 Å². The van der Waals surface area contributed by atoms with Gasteiger partial charge in [-0.05, 0) is 29.8 Å². The molecule has 1 heterocycles. The van der Waals surface area contributed by atoms with Gasteiger partial charge in [0.2, 0.25) is 5.91 Å². The monoisotopic (exact) mass is 401 g/mol. The quantitative estimate of drug-likeness (QED) is 0.567. The molecule has 3 aromatic rings. The molecule has 0 spiro atoms. The number of carbonyl (C=O) groups is 1.